The predicted molar refractivity (Wildman–Crippen MR) is 78.4 cm³/mol. The Balaban J connectivity index is 2.17. The number of fused-ring (bicyclic) bond motifs is 1. The standard InChI is InChI=1S/C14H15ClN4/c1-9-12-13(10-3-5-11(15)6-4-10)16-7-8-17-14(12)19(2)18-9/h3-6,17H,7-8H2,1-2H3. The molecule has 0 amide bonds. The van der Waals surface area contributed by atoms with Crippen LogP contribution in [0, 0.1) is 6.92 Å². The van der Waals surface area contributed by atoms with Gasteiger partial charge >= 0.3 is 0 Å². The summed E-state index contributed by atoms with van der Waals surface area (Å²) in [6, 6.07) is 7.79. The summed E-state index contributed by atoms with van der Waals surface area (Å²) in [5, 5.41) is 8.60. The maximum atomic E-state index is 5.95. The minimum absolute atomic E-state index is 0.735. The van der Waals surface area contributed by atoms with Crippen LogP contribution in [0.4, 0.5) is 5.82 Å². The third-order valence-electron chi connectivity index (χ3n) is 3.25. The van der Waals surface area contributed by atoms with Crippen molar-refractivity contribution in [3.8, 4) is 0 Å². The van der Waals surface area contributed by atoms with E-state index in [1.165, 1.54) is 0 Å². The largest absolute Gasteiger partial charge is 0.368 e. The van der Waals surface area contributed by atoms with E-state index in [2.05, 4.69) is 10.4 Å². The molecule has 0 unspecified atom stereocenters. The Bertz CT molecular complexity index is 640. The molecule has 0 atom stereocenters. The summed E-state index contributed by atoms with van der Waals surface area (Å²) in [6.07, 6.45) is 0. The smallest absolute Gasteiger partial charge is 0.133 e. The number of aliphatic imine (C=N–C) groups is 1. The molecule has 2 aromatic rings. The first-order valence-corrected chi connectivity index (χ1v) is 6.63. The van der Waals surface area contributed by atoms with E-state index in [0.717, 1.165) is 46.5 Å². The van der Waals surface area contributed by atoms with Crippen molar-refractivity contribution >= 4 is 23.1 Å². The SMILES string of the molecule is Cc1nn(C)c2c1C(c1ccc(Cl)cc1)=NCCN2. The van der Waals surface area contributed by atoms with E-state index in [4.69, 9.17) is 16.6 Å². The molecule has 5 heteroatoms. The van der Waals surface area contributed by atoms with Crippen LogP contribution in [-0.2, 0) is 7.05 Å². The van der Waals surface area contributed by atoms with E-state index >= 15 is 0 Å². The molecule has 0 saturated heterocycles. The van der Waals surface area contributed by atoms with Crippen LogP contribution in [0.15, 0.2) is 29.3 Å². The van der Waals surface area contributed by atoms with Gasteiger partial charge in [0.15, 0.2) is 0 Å². The van der Waals surface area contributed by atoms with Crippen LogP contribution in [0.2, 0.25) is 5.02 Å². The molecule has 19 heavy (non-hydrogen) atoms. The Morgan fingerprint density at radius 1 is 1.26 bits per heavy atom. The fraction of sp³-hybridized carbons (Fsp3) is 0.286. The van der Waals surface area contributed by atoms with Crippen molar-refractivity contribution in [1.82, 2.24) is 9.78 Å². The van der Waals surface area contributed by atoms with Gasteiger partial charge in [-0.25, -0.2) is 0 Å². The van der Waals surface area contributed by atoms with E-state index in [1.54, 1.807) is 0 Å². The summed E-state index contributed by atoms with van der Waals surface area (Å²) in [7, 11) is 1.95. The van der Waals surface area contributed by atoms with Gasteiger partial charge in [-0.3, -0.25) is 9.67 Å². The molecule has 0 fully saturated rings. The second-order valence-electron chi connectivity index (χ2n) is 4.60. The number of aromatic nitrogens is 2. The third-order valence-corrected chi connectivity index (χ3v) is 3.50. The zero-order chi connectivity index (χ0) is 13.4. The fourth-order valence-corrected chi connectivity index (χ4v) is 2.53. The number of halogens is 1. The Morgan fingerprint density at radius 2 is 2.00 bits per heavy atom. The molecule has 3 rings (SSSR count). The summed E-state index contributed by atoms with van der Waals surface area (Å²) in [5.74, 6) is 1.03. The molecule has 0 radical (unpaired) electrons. The van der Waals surface area contributed by atoms with Gasteiger partial charge in [-0.1, -0.05) is 23.7 Å². The van der Waals surface area contributed by atoms with Crippen LogP contribution >= 0.6 is 11.6 Å². The second kappa shape index (κ2) is 4.70. The quantitative estimate of drug-likeness (QED) is 0.869. The van der Waals surface area contributed by atoms with E-state index in [0.29, 0.717) is 0 Å². The van der Waals surface area contributed by atoms with Gasteiger partial charge < -0.3 is 5.32 Å². The maximum Gasteiger partial charge on any atom is 0.133 e. The molecule has 98 valence electrons. The Kier molecular flexibility index (Phi) is 3.03. The molecule has 1 N–H and O–H groups in total. The number of anilines is 1. The molecule has 2 heterocycles. The lowest BCUT2D eigenvalue weighted by Gasteiger charge is -2.07. The summed E-state index contributed by atoms with van der Waals surface area (Å²) < 4.78 is 1.88. The first kappa shape index (κ1) is 12.2. The highest BCUT2D eigenvalue weighted by atomic mass is 35.5. The van der Waals surface area contributed by atoms with Crippen molar-refractivity contribution in [2.45, 2.75) is 6.92 Å². The number of nitrogens with zero attached hydrogens (tertiary/aromatic N) is 3. The van der Waals surface area contributed by atoms with Crippen molar-refractivity contribution in [3.63, 3.8) is 0 Å². The Hall–Kier alpha value is -1.81. The van der Waals surface area contributed by atoms with E-state index in [1.807, 2.05) is 42.9 Å². The van der Waals surface area contributed by atoms with Gasteiger partial charge in [-0.15, -0.1) is 0 Å². The zero-order valence-corrected chi connectivity index (χ0v) is 11.7. The molecule has 0 saturated carbocycles. The first-order valence-electron chi connectivity index (χ1n) is 6.25. The van der Waals surface area contributed by atoms with Crippen molar-refractivity contribution in [2.75, 3.05) is 18.4 Å². The Labute approximate surface area is 117 Å². The average Bonchev–Trinajstić information content (AvgIpc) is 2.58. The van der Waals surface area contributed by atoms with Gasteiger partial charge in [0.05, 0.1) is 23.5 Å². The second-order valence-corrected chi connectivity index (χ2v) is 5.03. The maximum absolute atomic E-state index is 5.95. The first-order chi connectivity index (χ1) is 9.16. The number of aryl methyl sites for hydroxylation is 2. The third kappa shape index (κ3) is 2.12. The highest BCUT2D eigenvalue weighted by Gasteiger charge is 2.21. The molecular formula is C14H15ClN4. The highest BCUT2D eigenvalue weighted by molar-refractivity contribution is 6.30. The van der Waals surface area contributed by atoms with Gasteiger partial charge in [0.2, 0.25) is 0 Å². The fourth-order valence-electron chi connectivity index (χ4n) is 2.41. The van der Waals surface area contributed by atoms with Crippen molar-refractivity contribution in [1.29, 1.82) is 0 Å². The molecule has 0 bridgehead atoms. The molecule has 1 aromatic heterocycles. The number of rotatable bonds is 1. The molecule has 0 spiro atoms. The normalized spacial score (nSPS) is 14.4. The van der Waals surface area contributed by atoms with Crippen LogP contribution in [0.5, 0.6) is 0 Å². The van der Waals surface area contributed by atoms with Crippen molar-refractivity contribution in [3.05, 3.63) is 46.1 Å². The van der Waals surface area contributed by atoms with E-state index in [9.17, 15) is 0 Å². The summed E-state index contributed by atoms with van der Waals surface area (Å²) >= 11 is 5.95. The minimum Gasteiger partial charge on any atom is -0.368 e. The Morgan fingerprint density at radius 3 is 2.74 bits per heavy atom. The summed E-state index contributed by atoms with van der Waals surface area (Å²) in [6.45, 7) is 3.59. The van der Waals surface area contributed by atoms with Crippen LogP contribution in [0.25, 0.3) is 0 Å². The van der Waals surface area contributed by atoms with Crippen molar-refractivity contribution in [2.24, 2.45) is 12.0 Å². The number of hydrogen-bond acceptors (Lipinski definition) is 3. The van der Waals surface area contributed by atoms with E-state index < -0.39 is 0 Å². The van der Waals surface area contributed by atoms with Crippen LogP contribution in [0.1, 0.15) is 16.8 Å². The van der Waals surface area contributed by atoms with Gasteiger partial charge in [0, 0.05) is 24.2 Å². The highest BCUT2D eigenvalue weighted by Crippen LogP contribution is 2.25. The number of hydrogen-bond donors (Lipinski definition) is 1. The zero-order valence-electron chi connectivity index (χ0n) is 10.9. The van der Waals surface area contributed by atoms with Crippen LogP contribution in [-0.4, -0.2) is 28.6 Å². The average molecular weight is 275 g/mol. The number of benzene rings is 1. The molecular weight excluding hydrogens is 260 g/mol. The van der Waals surface area contributed by atoms with E-state index in [-0.39, 0.29) is 0 Å². The predicted octanol–water partition coefficient (Wildman–Crippen LogP) is 2.64. The number of nitrogens with one attached hydrogen (secondary N) is 1. The molecule has 1 aliphatic heterocycles. The minimum atomic E-state index is 0.735. The lowest BCUT2D eigenvalue weighted by Crippen LogP contribution is -2.08. The van der Waals surface area contributed by atoms with Crippen molar-refractivity contribution < 1.29 is 0 Å². The topological polar surface area (TPSA) is 42.2 Å². The summed E-state index contributed by atoms with van der Waals surface area (Å²) in [5.41, 5.74) is 4.13. The molecule has 1 aromatic carbocycles. The van der Waals surface area contributed by atoms with Gasteiger partial charge in [-0.05, 0) is 19.1 Å². The molecule has 0 aliphatic carbocycles. The van der Waals surface area contributed by atoms with Gasteiger partial charge in [0.25, 0.3) is 0 Å². The monoisotopic (exact) mass is 274 g/mol. The molecule has 1 aliphatic rings. The van der Waals surface area contributed by atoms with Crippen LogP contribution in [0.3, 0.4) is 0 Å². The summed E-state index contributed by atoms with van der Waals surface area (Å²) in [4.78, 5) is 4.70. The van der Waals surface area contributed by atoms with Gasteiger partial charge in [-0.2, -0.15) is 5.10 Å². The lowest BCUT2D eigenvalue weighted by atomic mass is 10.0. The van der Waals surface area contributed by atoms with Gasteiger partial charge in [0.1, 0.15) is 5.82 Å². The van der Waals surface area contributed by atoms with Crippen LogP contribution < -0.4 is 5.32 Å². The lowest BCUT2D eigenvalue weighted by molar-refractivity contribution is 0.758. The molecule has 4 nitrogen and oxygen atoms in total.